The molecule has 32 heavy (non-hydrogen) atoms. The summed E-state index contributed by atoms with van der Waals surface area (Å²) in [5, 5.41) is 14.8. The number of nitro groups is 1. The Morgan fingerprint density at radius 3 is 2.41 bits per heavy atom. The smallest absolute Gasteiger partial charge is 0.269 e. The fourth-order valence-electron chi connectivity index (χ4n) is 4.11. The van der Waals surface area contributed by atoms with Crippen LogP contribution in [0.25, 0.3) is 11.4 Å². The second-order valence-corrected chi connectivity index (χ2v) is 8.11. The van der Waals surface area contributed by atoms with Gasteiger partial charge in [-0.25, -0.2) is 0 Å². The molecule has 0 spiro atoms. The Labute approximate surface area is 186 Å². The number of rotatable bonds is 9. The lowest BCUT2D eigenvalue weighted by atomic mass is 10.1. The molecule has 1 amide bonds. The van der Waals surface area contributed by atoms with Gasteiger partial charge in [-0.05, 0) is 37.0 Å². The molecule has 0 saturated heterocycles. The fraction of sp³-hybridized carbons (Fsp3) is 0.375. The van der Waals surface area contributed by atoms with Gasteiger partial charge in [0, 0.05) is 43.1 Å². The number of benzene rings is 2. The maximum absolute atomic E-state index is 13.1. The Kier molecular flexibility index (Phi) is 6.89. The van der Waals surface area contributed by atoms with Gasteiger partial charge in [0.1, 0.15) is 0 Å². The molecule has 1 heterocycles. The summed E-state index contributed by atoms with van der Waals surface area (Å²) in [6.07, 6.45) is 5.43. The van der Waals surface area contributed by atoms with Gasteiger partial charge in [0.25, 0.3) is 5.69 Å². The summed E-state index contributed by atoms with van der Waals surface area (Å²) in [4.78, 5) is 29.8. The molecule has 0 aliphatic heterocycles. The number of carbonyl (C=O) groups excluding carboxylic acids is 1. The summed E-state index contributed by atoms with van der Waals surface area (Å²) in [6.45, 7) is 1.17. The van der Waals surface area contributed by atoms with E-state index in [1.54, 1.807) is 12.1 Å². The number of hydrogen-bond acceptors (Lipinski definition) is 6. The molecule has 4 rings (SSSR count). The third-order valence-electron chi connectivity index (χ3n) is 5.93. The molecule has 0 N–H and O–H groups in total. The van der Waals surface area contributed by atoms with Crippen LogP contribution in [0.2, 0.25) is 0 Å². The number of carbonyl (C=O) groups is 1. The fourth-order valence-corrected chi connectivity index (χ4v) is 4.11. The SMILES string of the molecule is O=C(C1CCCC1)N(CCc1ccccc1)CCc1nc(-c2ccc([N+](=O)[O-])cc2)no1. The quantitative estimate of drug-likeness (QED) is 0.364. The molecule has 1 saturated carbocycles. The van der Waals surface area contributed by atoms with Crippen LogP contribution in [0.1, 0.15) is 37.1 Å². The first kappa shape index (κ1) is 21.7. The van der Waals surface area contributed by atoms with Gasteiger partial charge < -0.3 is 9.42 Å². The Balaban J connectivity index is 1.40. The van der Waals surface area contributed by atoms with Crippen molar-refractivity contribution in [2.75, 3.05) is 13.1 Å². The Morgan fingerprint density at radius 2 is 1.72 bits per heavy atom. The number of nitrogens with zero attached hydrogens (tertiary/aromatic N) is 4. The lowest BCUT2D eigenvalue weighted by Gasteiger charge is -2.25. The van der Waals surface area contributed by atoms with Gasteiger partial charge in [-0.1, -0.05) is 48.3 Å². The monoisotopic (exact) mass is 434 g/mol. The molecule has 0 radical (unpaired) electrons. The molecule has 166 valence electrons. The number of amides is 1. The number of non-ortho nitro benzene ring substituents is 1. The molecular formula is C24H26N4O4. The number of nitro benzene ring substituents is 1. The second kappa shape index (κ2) is 10.2. The van der Waals surface area contributed by atoms with Crippen LogP contribution in [0.3, 0.4) is 0 Å². The van der Waals surface area contributed by atoms with Crippen LogP contribution in [0.15, 0.2) is 59.1 Å². The van der Waals surface area contributed by atoms with Crippen LogP contribution in [-0.2, 0) is 17.6 Å². The molecular weight excluding hydrogens is 408 g/mol. The highest BCUT2D eigenvalue weighted by Gasteiger charge is 2.27. The van der Waals surface area contributed by atoms with Crippen molar-refractivity contribution in [1.29, 1.82) is 0 Å². The molecule has 0 bridgehead atoms. The molecule has 1 aromatic heterocycles. The summed E-state index contributed by atoms with van der Waals surface area (Å²) in [7, 11) is 0. The molecule has 8 heteroatoms. The average molecular weight is 434 g/mol. The van der Waals surface area contributed by atoms with E-state index in [1.165, 1.54) is 17.7 Å². The third kappa shape index (κ3) is 5.38. The molecule has 3 aromatic rings. The normalized spacial score (nSPS) is 13.9. The minimum Gasteiger partial charge on any atom is -0.342 e. The molecule has 1 aliphatic rings. The highest BCUT2D eigenvalue weighted by Crippen LogP contribution is 2.27. The highest BCUT2D eigenvalue weighted by molar-refractivity contribution is 5.79. The third-order valence-corrected chi connectivity index (χ3v) is 5.93. The number of aromatic nitrogens is 2. The standard InChI is InChI=1S/C24H26N4O4/c29-24(20-8-4-5-9-20)27(16-14-18-6-2-1-3-7-18)17-15-22-25-23(26-32-22)19-10-12-21(13-11-19)28(30)31/h1-3,6-7,10-13,20H,4-5,8-9,14-17H2. The summed E-state index contributed by atoms with van der Waals surface area (Å²) in [5.41, 5.74) is 1.86. The second-order valence-electron chi connectivity index (χ2n) is 8.11. The predicted octanol–water partition coefficient (Wildman–Crippen LogP) is 4.45. The van der Waals surface area contributed by atoms with Crippen molar-refractivity contribution in [1.82, 2.24) is 15.0 Å². The molecule has 1 fully saturated rings. The van der Waals surface area contributed by atoms with Crippen molar-refractivity contribution in [2.24, 2.45) is 5.92 Å². The summed E-state index contributed by atoms with van der Waals surface area (Å²) >= 11 is 0. The first-order chi connectivity index (χ1) is 15.6. The predicted molar refractivity (Wildman–Crippen MR) is 119 cm³/mol. The van der Waals surface area contributed by atoms with Gasteiger partial charge in [0.2, 0.25) is 17.6 Å². The van der Waals surface area contributed by atoms with E-state index in [4.69, 9.17) is 4.52 Å². The van der Waals surface area contributed by atoms with E-state index in [-0.39, 0.29) is 17.5 Å². The van der Waals surface area contributed by atoms with Crippen LogP contribution >= 0.6 is 0 Å². The topological polar surface area (TPSA) is 102 Å². The van der Waals surface area contributed by atoms with E-state index in [0.717, 1.165) is 32.1 Å². The largest absolute Gasteiger partial charge is 0.342 e. The zero-order valence-electron chi connectivity index (χ0n) is 17.9. The maximum Gasteiger partial charge on any atom is 0.269 e. The van der Waals surface area contributed by atoms with Crippen LogP contribution in [0.5, 0.6) is 0 Å². The number of hydrogen-bond donors (Lipinski definition) is 0. The van der Waals surface area contributed by atoms with Gasteiger partial charge in [0.15, 0.2) is 0 Å². The molecule has 0 atom stereocenters. The zero-order valence-corrected chi connectivity index (χ0v) is 17.9. The first-order valence-electron chi connectivity index (χ1n) is 11.0. The molecule has 0 unspecified atom stereocenters. The van der Waals surface area contributed by atoms with Gasteiger partial charge in [-0.15, -0.1) is 0 Å². The highest BCUT2D eigenvalue weighted by atomic mass is 16.6. The van der Waals surface area contributed by atoms with Crippen molar-refractivity contribution < 1.29 is 14.2 Å². The Morgan fingerprint density at radius 1 is 1.03 bits per heavy atom. The van der Waals surface area contributed by atoms with Crippen molar-refractivity contribution >= 4 is 11.6 Å². The van der Waals surface area contributed by atoms with E-state index in [2.05, 4.69) is 22.3 Å². The summed E-state index contributed by atoms with van der Waals surface area (Å²) < 4.78 is 5.38. The first-order valence-corrected chi connectivity index (χ1v) is 11.0. The maximum atomic E-state index is 13.1. The van der Waals surface area contributed by atoms with Crippen LogP contribution in [-0.4, -0.2) is 39.0 Å². The van der Waals surface area contributed by atoms with E-state index in [1.807, 2.05) is 23.1 Å². The van der Waals surface area contributed by atoms with Crippen LogP contribution in [0, 0.1) is 16.0 Å². The van der Waals surface area contributed by atoms with Crippen molar-refractivity contribution in [3.8, 4) is 11.4 Å². The molecule has 8 nitrogen and oxygen atoms in total. The molecule has 2 aromatic carbocycles. The van der Waals surface area contributed by atoms with Gasteiger partial charge in [-0.2, -0.15) is 4.98 Å². The van der Waals surface area contributed by atoms with E-state index in [9.17, 15) is 14.9 Å². The minimum atomic E-state index is -0.448. The van der Waals surface area contributed by atoms with Crippen molar-refractivity contribution in [2.45, 2.75) is 38.5 Å². The summed E-state index contributed by atoms with van der Waals surface area (Å²) in [5.74, 6) is 1.16. The van der Waals surface area contributed by atoms with E-state index < -0.39 is 4.92 Å². The Bertz CT molecular complexity index is 1040. The summed E-state index contributed by atoms with van der Waals surface area (Å²) in [6, 6.07) is 16.2. The van der Waals surface area contributed by atoms with Crippen LogP contribution < -0.4 is 0 Å². The van der Waals surface area contributed by atoms with Crippen LogP contribution in [0.4, 0.5) is 5.69 Å². The average Bonchev–Trinajstić information content (AvgIpc) is 3.52. The zero-order chi connectivity index (χ0) is 22.3. The van der Waals surface area contributed by atoms with Gasteiger partial charge >= 0.3 is 0 Å². The lowest BCUT2D eigenvalue weighted by molar-refractivity contribution is -0.384. The lowest BCUT2D eigenvalue weighted by Crippen LogP contribution is -2.38. The Hall–Kier alpha value is -3.55. The molecule has 1 aliphatic carbocycles. The van der Waals surface area contributed by atoms with Crippen molar-refractivity contribution in [3.05, 3.63) is 76.2 Å². The van der Waals surface area contributed by atoms with Crippen molar-refractivity contribution in [3.63, 3.8) is 0 Å². The van der Waals surface area contributed by atoms with Gasteiger partial charge in [-0.3, -0.25) is 14.9 Å². The van der Waals surface area contributed by atoms with E-state index in [0.29, 0.717) is 36.8 Å². The minimum absolute atomic E-state index is 0.0111. The van der Waals surface area contributed by atoms with E-state index >= 15 is 0 Å². The van der Waals surface area contributed by atoms with Gasteiger partial charge in [0.05, 0.1) is 4.92 Å².